The number of halogens is 4. The van der Waals surface area contributed by atoms with Gasteiger partial charge in [0.1, 0.15) is 0 Å². The summed E-state index contributed by atoms with van der Waals surface area (Å²) >= 11 is 5.86. The number of amides is 2. The number of anilines is 2. The number of benzene rings is 1. The molecule has 0 unspecified atom stereocenters. The van der Waals surface area contributed by atoms with E-state index in [1.165, 1.54) is 13.3 Å². The topological polar surface area (TPSA) is 128 Å². The van der Waals surface area contributed by atoms with E-state index in [0.29, 0.717) is 35.4 Å². The first kappa shape index (κ1) is 29.6. The summed E-state index contributed by atoms with van der Waals surface area (Å²) in [7, 11) is 1.39. The van der Waals surface area contributed by atoms with E-state index in [-0.39, 0.29) is 46.6 Å². The molecular weight excluding hydrogens is 601 g/mol. The monoisotopic (exact) mass is 626 g/mol. The number of piperidine rings is 1. The second-order valence-electron chi connectivity index (χ2n) is 10.7. The summed E-state index contributed by atoms with van der Waals surface area (Å²) in [6.07, 6.45) is 3.59. The molecule has 1 saturated carbocycles. The molecule has 0 radical (unpaired) electrons. The maximum absolute atomic E-state index is 14.9. The smallest absolute Gasteiger partial charge is 0.276 e. The van der Waals surface area contributed by atoms with Gasteiger partial charge < -0.3 is 10.1 Å². The molecule has 1 aliphatic carbocycles. The van der Waals surface area contributed by atoms with Gasteiger partial charge in [-0.1, -0.05) is 17.7 Å². The molecule has 4 heterocycles. The molecule has 1 saturated heterocycles. The predicted octanol–water partition coefficient (Wildman–Crippen LogP) is 5.16. The van der Waals surface area contributed by atoms with E-state index in [0.717, 1.165) is 24.8 Å². The molecule has 4 aromatic rings. The van der Waals surface area contributed by atoms with Crippen molar-refractivity contribution in [2.45, 2.75) is 39.3 Å². The maximum atomic E-state index is 14.9. The van der Waals surface area contributed by atoms with E-state index in [2.05, 4.69) is 30.4 Å². The Morgan fingerprint density at radius 3 is 2.68 bits per heavy atom. The van der Waals surface area contributed by atoms with Gasteiger partial charge in [0.2, 0.25) is 5.91 Å². The number of ether oxygens (including phenoxy) is 1. The first-order valence-corrected chi connectivity index (χ1v) is 14.1. The molecule has 2 amide bonds. The van der Waals surface area contributed by atoms with E-state index in [9.17, 15) is 22.8 Å². The minimum atomic E-state index is -3.03. The van der Waals surface area contributed by atoms with Crippen LogP contribution in [-0.4, -0.2) is 55.2 Å². The lowest BCUT2D eigenvalue weighted by Crippen LogP contribution is -2.30. The van der Waals surface area contributed by atoms with Gasteiger partial charge in [0.25, 0.3) is 12.3 Å². The first-order valence-electron chi connectivity index (χ1n) is 13.7. The van der Waals surface area contributed by atoms with Gasteiger partial charge in [-0.3, -0.25) is 29.1 Å². The highest BCUT2D eigenvalue weighted by Gasteiger charge is 2.53. The molecule has 228 valence electrons. The Kier molecular flexibility index (Phi) is 7.80. The number of carbonyl (C=O) groups excluding carboxylic acids is 2. The van der Waals surface area contributed by atoms with Crippen LogP contribution < -0.4 is 10.2 Å². The molecule has 0 spiro atoms. The summed E-state index contributed by atoms with van der Waals surface area (Å²) in [4.78, 5) is 45.1. The van der Waals surface area contributed by atoms with Gasteiger partial charge in [-0.2, -0.15) is 5.10 Å². The fraction of sp³-hybridized carbons (Fsp3) is 0.345. The summed E-state index contributed by atoms with van der Waals surface area (Å²) in [5.74, 6) is -0.675. The number of carbonyl (C=O) groups is 2. The van der Waals surface area contributed by atoms with Crippen molar-refractivity contribution in [3.8, 4) is 11.3 Å². The molecule has 2 fully saturated rings. The van der Waals surface area contributed by atoms with Crippen LogP contribution in [0, 0.1) is 24.6 Å². The van der Waals surface area contributed by atoms with Gasteiger partial charge in [-0.05, 0) is 32.3 Å². The van der Waals surface area contributed by atoms with Crippen LogP contribution >= 0.6 is 11.6 Å². The normalized spacial score (nSPS) is 18.1. The molecule has 1 N–H and O–H groups in total. The fourth-order valence-electron chi connectivity index (χ4n) is 5.33. The zero-order valence-electron chi connectivity index (χ0n) is 23.8. The molecule has 44 heavy (non-hydrogen) atoms. The number of rotatable bonds is 9. The van der Waals surface area contributed by atoms with Crippen molar-refractivity contribution in [3.63, 3.8) is 0 Å². The molecule has 6 rings (SSSR count). The number of alkyl halides is 2. The predicted molar refractivity (Wildman–Crippen MR) is 153 cm³/mol. The van der Waals surface area contributed by atoms with Crippen LogP contribution in [0.1, 0.15) is 58.9 Å². The molecule has 1 aliphatic heterocycles. The van der Waals surface area contributed by atoms with Crippen LogP contribution in [-0.2, 0) is 16.1 Å². The molecule has 0 bridgehead atoms. The number of fused-ring (bicyclic) bond motifs is 1. The highest BCUT2D eigenvalue weighted by Crippen LogP contribution is 2.47. The van der Waals surface area contributed by atoms with Gasteiger partial charge in [0.05, 0.1) is 64.7 Å². The quantitative estimate of drug-likeness (QED) is 0.270. The largest absolute Gasteiger partial charge is 0.378 e. The zero-order valence-corrected chi connectivity index (χ0v) is 24.5. The Hall–Kier alpha value is -4.43. The number of nitrogens with one attached hydrogen (secondary N) is 1. The Morgan fingerprint density at radius 1 is 1.20 bits per heavy atom. The highest BCUT2D eigenvalue weighted by atomic mass is 35.5. The lowest BCUT2D eigenvalue weighted by atomic mass is 10.0. The number of aryl methyl sites for hydroxylation is 1. The maximum Gasteiger partial charge on any atom is 0.276 e. The third-order valence-electron chi connectivity index (χ3n) is 7.77. The summed E-state index contributed by atoms with van der Waals surface area (Å²) in [5.41, 5.74) is -0.109. The zero-order chi connectivity index (χ0) is 31.3. The molecule has 15 heteroatoms. The van der Waals surface area contributed by atoms with Crippen LogP contribution in [0.25, 0.3) is 11.3 Å². The number of hydrogen-bond donors (Lipinski definition) is 1. The van der Waals surface area contributed by atoms with Crippen LogP contribution in [0.2, 0.25) is 5.02 Å². The molecule has 1 aromatic carbocycles. The second kappa shape index (κ2) is 11.6. The van der Waals surface area contributed by atoms with Crippen molar-refractivity contribution in [2.75, 3.05) is 23.9 Å². The molecule has 3 aromatic heterocycles. The lowest BCUT2D eigenvalue weighted by molar-refractivity contribution is -0.118. The van der Waals surface area contributed by atoms with E-state index in [4.69, 9.17) is 16.3 Å². The SMILES string of the molecule is COCc1ncc(-c2c(C(F)F)ccc(Cl)c2F)nc1C(=O)Nc1cnn([C@@H](C)c2cnc(N3C[C@H]4C[C@H]4C3=O)c(C)n2)c1. The van der Waals surface area contributed by atoms with Gasteiger partial charge in [-0.25, -0.2) is 23.1 Å². The van der Waals surface area contributed by atoms with Gasteiger partial charge in [0.15, 0.2) is 17.3 Å². The summed E-state index contributed by atoms with van der Waals surface area (Å²) < 4.78 is 49.0. The van der Waals surface area contributed by atoms with Crippen molar-refractivity contribution >= 4 is 34.9 Å². The highest BCUT2D eigenvalue weighted by molar-refractivity contribution is 6.31. The van der Waals surface area contributed by atoms with Gasteiger partial charge >= 0.3 is 0 Å². The Bertz CT molecular complexity index is 1780. The lowest BCUT2D eigenvalue weighted by Gasteiger charge is -2.20. The second-order valence-corrected chi connectivity index (χ2v) is 11.1. The summed E-state index contributed by atoms with van der Waals surface area (Å²) in [6, 6.07) is 1.65. The van der Waals surface area contributed by atoms with Crippen molar-refractivity contribution in [2.24, 2.45) is 11.8 Å². The number of hydrogen-bond acceptors (Lipinski definition) is 8. The minimum absolute atomic E-state index is 0.0942. The Morgan fingerprint density at radius 2 is 2.00 bits per heavy atom. The molecule has 11 nitrogen and oxygen atoms in total. The summed E-state index contributed by atoms with van der Waals surface area (Å²) in [6.45, 7) is 4.20. The van der Waals surface area contributed by atoms with Crippen LogP contribution in [0.5, 0.6) is 0 Å². The van der Waals surface area contributed by atoms with Crippen molar-refractivity contribution in [1.82, 2.24) is 29.7 Å². The van der Waals surface area contributed by atoms with E-state index in [1.54, 1.807) is 28.9 Å². The number of methoxy groups -OCH3 is 1. The standard InChI is InChI=1S/C29H26ClF3N8O3/c1-13-27(40-10-15-6-18(15)29(40)43)35-8-20(37-13)14(2)41-11-16(7-36-41)38-28(42)25-22(12-44-3)34-9-21(39-25)23-17(26(32)33)4-5-19(30)24(23)31/h4-5,7-9,11,14-15,18,26H,6,10,12H2,1-3H3,(H,38,42)/t14-,15+,18+/m0/s1. The van der Waals surface area contributed by atoms with Crippen molar-refractivity contribution < 1.29 is 27.5 Å². The summed E-state index contributed by atoms with van der Waals surface area (Å²) in [5, 5.41) is 6.62. The van der Waals surface area contributed by atoms with E-state index in [1.807, 2.05) is 6.92 Å². The Labute approximate surface area is 254 Å². The van der Waals surface area contributed by atoms with Crippen LogP contribution in [0.3, 0.4) is 0 Å². The fourth-order valence-corrected chi connectivity index (χ4v) is 5.49. The third kappa shape index (κ3) is 5.39. The van der Waals surface area contributed by atoms with E-state index < -0.39 is 29.3 Å². The van der Waals surface area contributed by atoms with Crippen LogP contribution in [0.4, 0.5) is 24.7 Å². The van der Waals surface area contributed by atoms with Crippen molar-refractivity contribution in [1.29, 1.82) is 0 Å². The number of aromatic nitrogens is 6. The van der Waals surface area contributed by atoms with E-state index >= 15 is 0 Å². The third-order valence-corrected chi connectivity index (χ3v) is 8.06. The first-order chi connectivity index (χ1) is 21.1. The van der Waals surface area contributed by atoms with Gasteiger partial charge in [-0.15, -0.1) is 0 Å². The average molecular weight is 627 g/mol. The van der Waals surface area contributed by atoms with Crippen molar-refractivity contribution in [3.05, 3.63) is 76.1 Å². The van der Waals surface area contributed by atoms with Crippen LogP contribution in [0.15, 0.2) is 36.9 Å². The van der Waals surface area contributed by atoms with Gasteiger partial charge in [0, 0.05) is 36.9 Å². The average Bonchev–Trinajstić information content (AvgIpc) is 3.50. The molecule has 3 atom stereocenters. The Balaban J connectivity index is 1.23. The molecular formula is C29H26ClF3N8O3. The number of nitrogens with zero attached hydrogens (tertiary/aromatic N) is 7. The minimum Gasteiger partial charge on any atom is -0.378 e. The molecule has 2 aliphatic rings.